The molecule has 0 fully saturated rings. The van der Waals surface area contributed by atoms with Gasteiger partial charge in [-0.2, -0.15) is 0 Å². The van der Waals surface area contributed by atoms with Crippen LogP contribution in [0.5, 0.6) is 0 Å². The second kappa shape index (κ2) is 5.81. The highest BCUT2D eigenvalue weighted by Gasteiger charge is 2.12. The summed E-state index contributed by atoms with van der Waals surface area (Å²) >= 11 is 2.05. The highest BCUT2D eigenvalue weighted by Crippen LogP contribution is 2.15. The Balaban J connectivity index is 2.50. The van der Waals surface area contributed by atoms with Crippen LogP contribution in [0.25, 0.3) is 11.5 Å². The SMILES string of the molecule is Cc1ccc(-c2nc(CC(C)C)c(I)c(=O)[nH]2)nc1. The van der Waals surface area contributed by atoms with Crippen molar-refractivity contribution < 1.29 is 0 Å². The minimum Gasteiger partial charge on any atom is -0.304 e. The van der Waals surface area contributed by atoms with Crippen LogP contribution in [-0.4, -0.2) is 15.0 Å². The molecule has 2 heterocycles. The Morgan fingerprint density at radius 2 is 2.11 bits per heavy atom. The molecule has 0 aliphatic carbocycles. The number of aromatic amines is 1. The van der Waals surface area contributed by atoms with Crippen LogP contribution < -0.4 is 5.56 Å². The summed E-state index contributed by atoms with van der Waals surface area (Å²) in [6.45, 7) is 6.20. The van der Waals surface area contributed by atoms with Gasteiger partial charge in [0.15, 0.2) is 5.82 Å². The van der Waals surface area contributed by atoms with E-state index < -0.39 is 0 Å². The molecule has 0 unspecified atom stereocenters. The average Bonchev–Trinajstić information content (AvgIpc) is 2.35. The molecule has 0 bridgehead atoms. The maximum absolute atomic E-state index is 12.0. The van der Waals surface area contributed by atoms with Gasteiger partial charge in [0.25, 0.3) is 5.56 Å². The lowest BCUT2D eigenvalue weighted by Gasteiger charge is -2.08. The second-order valence-corrected chi connectivity index (χ2v) is 6.07. The number of aryl methyl sites for hydroxylation is 1. The fourth-order valence-electron chi connectivity index (χ4n) is 1.76. The smallest absolute Gasteiger partial charge is 0.264 e. The zero-order valence-electron chi connectivity index (χ0n) is 11.2. The van der Waals surface area contributed by atoms with E-state index in [0.717, 1.165) is 17.7 Å². The topological polar surface area (TPSA) is 58.6 Å². The van der Waals surface area contributed by atoms with Crippen LogP contribution in [0.2, 0.25) is 0 Å². The van der Waals surface area contributed by atoms with Gasteiger partial charge >= 0.3 is 0 Å². The van der Waals surface area contributed by atoms with Crippen LogP contribution in [0, 0.1) is 16.4 Å². The molecule has 2 aromatic heterocycles. The molecule has 0 saturated carbocycles. The van der Waals surface area contributed by atoms with Crippen molar-refractivity contribution in [2.45, 2.75) is 27.2 Å². The molecule has 2 rings (SSSR count). The van der Waals surface area contributed by atoms with Crippen molar-refractivity contribution in [3.63, 3.8) is 0 Å². The van der Waals surface area contributed by atoms with Crippen molar-refractivity contribution in [3.05, 3.63) is 43.5 Å². The van der Waals surface area contributed by atoms with E-state index in [9.17, 15) is 4.79 Å². The highest BCUT2D eigenvalue weighted by atomic mass is 127. The summed E-state index contributed by atoms with van der Waals surface area (Å²) in [5.41, 5.74) is 2.53. The van der Waals surface area contributed by atoms with Gasteiger partial charge < -0.3 is 4.98 Å². The van der Waals surface area contributed by atoms with E-state index >= 15 is 0 Å². The van der Waals surface area contributed by atoms with Crippen molar-refractivity contribution in [3.8, 4) is 11.5 Å². The second-order valence-electron chi connectivity index (χ2n) is 4.99. The van der Waals surface area contributed by atoms with E-state index in [0.29, 0.717) is 21.0 Å². The van der Waals surface area contributed by atoms with Gasteiger partial charge in [-0.3, -0.25) is 9.78 Å². The maximum atomic E-state index is 12.0. The Bertz CT molecular complexity index is 632. The van der Waals surface area contributed by atoms with Crippen molar-refractivity contribution in [2.75, 3.05) is 0 Å². The van der Waals surface area contributed by atoms with E-state index in [2.05, 4.69) is 51.4 Å². The zero-order valence-corrected chi connectivity index (χ0v) is 13.4. The monoisotopic (exact) mass is 369 g/mol. The third-order valence-corrected chi connectivity index (χ3v) is 3.80. The van der Waals surface area contributed by atoms with Crippen LogP contribution >= 0.6 is 22.6 Å². The Morgan fingerprint density at radius 1 is 1.37 bits per heavy atom. The minimum absolute atomic E-state index is 0.0939. The molecule has 4 nitrogen and oxygen atoms in total. The Labute approximate surface area is 125 Å². The lowest BCUT2D eigenvalue weighted by Crippen LogP contribution is -2.17. The average molecular weight is 369 g/mol. The molecule has 100 valence electrons. The summed E-state index contributed by atoms with van der Waals surface area (Å²) < 4.78 is 0.669. The molecule has 0 aromatic carbocycles. The molecule has 0 aliphatic heterocycles. The summed E-state index contributed by atoms with van der Waals surface area (Å²) in [5, 5.41) is 0. The number of hydrogen-bond donors (Lipinski definition) is 1. The van der Waals surface area contributed by atoms with Crippen molar-refractivity contribution in [1.29, 1.82) is 0 Å². The molecule has 19 heavy (non-hydrogen) atoms. The minimum atomic E-state index is -0.0939. The fourth-order valence-corrected chi connectivity index (χ4v) is 2.23. The van der Waals surface area contributed by atoms with Crippen molar-refractivity contribution in [2.24, 2.45) is 5.92 Å². The van der Waals surface area contributed by atoms with E-state index in [1.165, 1.54) is 0 Å². The summed E-state index contributed by atoms with van der Waals surface area (Å²) in [7, 11) is 0. The first-order valence-electron chi connectivity index (χ1n) is 6.19. The molecule has 0 saturated heterocycles. The van der Waals surface area contributed by atoms with Gasteiger partial charge in [-0.05, 0) is 53.5 Å². The quantitative estimate of drug-likeness (QED) is 0.847. The number of halogens is 1. The predicted octanol–water partition coefficient (Wildman–Crippen LogP) is 2.94. The molecule has 0 aliphatic rings. The summed E-state index contributed by atoms with van der Waals surface area (Å²) in [5.74, 6) is 1.00. The lowest BCUT2D eigenvalue weighted by molar-refractivity contribution is 0.631. The van der Waals surface area contributed by atoms with E-state index in [-0.39, 0.29) is 5.56 Å². The first-order chi connectivity index (χ1) is 8.97. The van der Waals surface area contributed by atoms with Crippen LogP contribution in [0.4, 0.5) is 0 Å². The predicted molar refractivity (Wildman–Crippen MR) is 84.1 cm³/mol. The standard InChI is InChI=1S/C14H16IN3O/c1-8(2)6-11-12(15)14(19)18-13(17-11)10-5-4-9(3)7-16-10/h4-5,7-8H,6H2,1-3H3,(H,17,18,19). The summed E-state index contributed by atoms with van der Waals surface area (Å²) in [6.07, 6.45) is 2.57. The van der Waals surface area contributed by atoms with Gasteiger partial charge in [0, 0.05) is 6.20 Å². The molecule has 0 radical (unpaired) electrons. The number of hydrogen-bond acceptors (Lipinski definition) is 3. The maximum Gasteiger partial charge on any atom is 0.264 e. The molecule has 0 spiro atoms. The van der Waals surface area contributed by atoms with E-state index in [4.69, 9.17) is 0 Å². The molecule has 1 N–H and O–H groups in total. The van der Waals surface area contributed by atoms with Crippen molar-refractivity contribution >= 4 is 22.6 Å². The lowest BCUT2D eigenvalue weighted by atomic mass is 10.1. The van der Waals surface area contributed by atoms with E-state index in [1.807, 2.05) is 19.1 Å². The van der Waals surface area contributed by atoms with Crippen LogP contribution in [-0.2, 0) is 6.42 Å². The molecular formula is C14H16IN3O. The number of pyridine rings is 1. The molecule has 2 aromatic rings. The van der Waals surface area contributed by atoms with Gasteiger partial charge in [-0.25, -0.2) is 4.98 Å². The van der Waals surface area contributed by atoms with Crippen molar-refractivity contribution in [1.82, 2.24) is 15.0 Å². The fraction of sp³-hybridized carbons (Fsp3) is 0.357. The first kappa shape index (κ1) is 14.2. The first-order valence-corrected chi connectivity index (χ1v) is 7.27. The molecule has 0 amide bonds. The van der Waals surface area contributed by atoms with Gasteiger partial charge in [-0.1, -0.05) is 19.9 Å². The third kappa shape index (κ3) is 3.40. The Hall–Kier alpha value is -1.24. The van der Waals surface area contributed by atoms with Gasteiger partial charge in [0.1, 0.15) is 5.69 Å². The molecule has 0 atom stereocenters. The molecular weight excluding hydrogens is 353 g/mol. The number of rotatable bonds is 3. The molecule has 5 heteroatoms. The largest absolute Gasteiger partial charge is 0.304 e. The van der Waals surface area contributed by atoms with Gasteiger partial charge in [-0.15, -0.1) is 0 Å². The normalized spacial score (nSPS) is 11.0. The number of aromatic nitrogens is 3. The Kier molecular flexibility index (Phi) is 4.34. The summed E-state index contributed by atoms with van der Waals surface area (Å²) in [4.78, 5) is 23.6. The van der Waals surface area contributed by atoms with Crippen LogP contribution in [0.15, 0.2) is 23.1 Å². The van der Waals surface area contributed by atoms with Gasteiger partial charge in [0.05, 0.1) is 9.26 Å². The number of nitrogens with zero attached hydrogens (tertiary/aromatic N) is 2. The highest BCUT2D eigenvalue weighted by molar-refractivity contribution is 14.1. The van der Waals surface area contributed by atoms with Crippen LogP contribution in [0.1, 0.15) is 25.1 Å². The number of nitrogens with one attached hydrogen (secondary N) is 1. The van der Waals surface area contributed by atoms with E-state index in [1.54, 1.807) is 6.20 Å². The number of H-pyrrole nitrogens is 1. The summed E-state index contributed by atoms with van der Waals surface area (Å²) in [6, 6.07) is 3.84. The zero-order chi connectivity index (χ0) is 14.0. The Morgan fingerprint density at radius 3 is 2.68 bits per heavy atom. The van der Waals surface area contributed by atoms with Gasteiger partial charge in [0.2, 0.25) is 0 Å². The van der Waals surface area contributed by atoms with Crippen LogP contribution in [0.3, 0.4) is 0 Å². The third-order valence-electron chi connectivity index (χ3n) is 2.69.